The molecule has 0 N–H and O–H groups in total. The molecule has 1 aliphatic rings. The molecule has 0 saturated carbocycles. The molecule has 1 fully saturated rings. The molecule has 0 unspecified atom stereocenters. The molecular weight excluding hydrogens is 384 g/mol. The lowest BCUT2D eigenvalue weighted by Crippen LogP contribution is -2.48. The summed E-state index contributed by atoms with van der Waals surface area (Å²) in [5.74, 6) is -0.222. The highest BCUT2D eigenvalue weighted by Gasteiger charge is 2.24. The second-order valence-electron chi connectivity index (χ2n) is 6.97. The fourth-order valence-corrected chi connectivity index (χ4v) is 4.09. The number of benzene rings is 2. The van der Waals surface area contributed by atoms with Crippen LogP contribution in [0.15, 0.2) is 47.4 Å². The first-order valence-corrected chi connectivity index (χ1v) is 11.1. The topological polar surface area (TPSA) is 57.7 Å². The lowest BCUT2D eigenvalue weighted by Gasteiger charge is -2.35. The summed E-state index contributed by atoms with van der Waals surface area (Å²) in [5.41, 5.74) is 2.74. The Morgan fingerprint density at radius 1 is 1.07 bits per heavy atom. The van der Waals surface area contributed by atoms with Gasteiger partial charge in [0.2, 0.25) is 0 Å². The van der Waals surface area contributed by atoms with Crippen LogP contribution in [-0.4, -0.2) is 56.6 Å². The van der Waals surface area contributed by atoms with Gasteiger partial charge in [-0.3, -0.25) is 9.69 Å². The Morgan fingerprint density at radius 2 is 1.78 bits per heavy atom. The number of piperazine rings is 1. The summed E-state index contributed by atoms with van der Waals surface area (Å²) in [6, 6.07) is 12.7. The fourth-order valence-electron chi connectivity index (χ4n) is 3.25. The molecule has 0 aliphatic carbocycles. The van der Waals surface area contributed by atoms with Gasteiger partial charge in [0.15, 0.2) is 9.84 Å². The van der Waals surface area contributed by atoms with E-state index in [1.54, 1.807) is 4.90 Å². The molecule has 1 amide bonds. The fraction of sp³-hybridized carbons (Fsp3) is 0.350. The van der Waals surface area contributed by atoms with Crippen molar-refractivity contribution in [3.8, 4) is 0 Å². The van der Waals surface area contributed by atoms with E-state index in [0.29, 0.717) is 13.1 Å². The van der Waals surface area contributed by atoms with Crippen molar-refractivity contribution < 1.29 is 13.2 Å². The van der Waals surface area contributed by atoms with Crippen molar-refractivity contribution in [2.75, 3.05) is 32.4 Å². The number of rotatable bonds is 4. The minimum absolute atomic E-state index is 0.105. The summed E-state index contributed by atoms with van der Waals surface area (Å²) < 4.78 is 23.5. The molecule has 0 spiro atoms. The average molecular weight is 407 g/mol. The first kappa shape index (κ1) is 19.9. The molecule has 27 heavy (non-hydrogen) atoms. The molecular formula is C20H23ClN2O3S. The second kappa shape index (κ2) is 8.00. The van der Waals surface area contributed by atoms with Crippen LogP contribution in [0.1, 0.15) is 21.5 Å². The maximum atomic E-state index is 12.8. The summed E-state index contributed by atoms with van der Waals surface area (Å²) in [6.07, 6.45) is 1.12. The summed E-state index contributed by atoms with van der Waals surface area (Å²) in [4.78, 5) is 17.0. The summed E-state index contributed by atoms with van der Waals surface area (Å²) in [5, 5.41) is 0.273. The van der Waals surface area contributed by atoms with Gasteiger partial charge in [-0.25, -0.2) is 8.42 Å². The summed E-state index contributed by atoms with van der Waals surface area (Å²) in [7, 11) is -3.39. The third kappa shape index (κ3) is 4.89. The predicted octanol–water partition coefficient (Wildman–Crippen LogP) is 3.01. The van der Waals surface area contributed by atoms with Crippen molar-refractivity contribution >= 4 is 27.3 Å². The Hall–Kier alpha value is -1.89. The van der Waals surface area contributed by atoms with Gasteiger partial charge in [-0.05, 0) is 30.7 Å². The van der Waals surface area contributed by atoms with E-state index in [-0.39, 0.29) is 21.4 Å². The third-order valence-corrected chi connectivity index (χ3v) is 6.18. The average Bonchev–Trinajstić information content (AvgIpc) is 2.61. The highest BCUT2D eigenvalue weighted by molar-refractivity contribution is 7.90. The second-order valence-corrected chi connectivity index (χ2v) is 9.39. The Labute approximate surface area is 165 Å². The van der Waals surface area contributed by atoms with Crippen molar-refractivity contribution in [1.29, 1.82) is 0 Å². The van der Waals surface area contributed by atoms with E-state index in [0.717, 1.165) is 25.9 Å². The largest absolute Gasteiger partial charge is 0.336 e. The van der Waals surface area contributed by atoms with Gasteiger partial charge >= 0.3 is 0 Å². The Kier molecular flexibility index (Phi) is 5.89. The van der Waals surface area contributed by atoms with E-state index in [2.05, 4.69) is 36.1 Å². The lowest BCUT2D eigenvalue weighted by atomic mass is 10.1. The van der Waals surface area contributed by atoms with Gasteiger partial charge in [0, 0.05) is 39.0 Å². The Bertz CT molecular complexity index is 951. The molecule has 2 aromatic rings. The van der Waals surface area contributed by atoms with Crippen LogP contribution in [0.3, 0.4) is 0 Å². The number of halogens is 1. The van der Waals surface area contributed by atoms with Crippen LogP contribution in [0.4, 0.5) is 0 Å². The molecule has 0 radical (unpaired) electrons. The predicted molar refractivity (Wildman–Crippen MR) is 107 cm³/mol. The van der Waals surface area contributed by atoms with Gasteiger partial charge in [0.05, 0.1) is 15.5 Å². The Balaban J connectivity index is 1.67. The lowest BCUT2D eigenvalue weighted by molar-refractivity contribution is 0.0628. The van der Waals surface area contributed by atoms with E-state index in [1.165, 1.54) is 29.3 Å². The van der Waals surface area contributed by atoms with Crippen LogP contribution >= 0.6 is 11.6 Å². The van der Waals surface area contributed by atoms with Gasteiger partial charge in [-0.1, -0.05) is 41.4 Å². The maximum absolute atomic E-state index is 12.8. The molecule has 1 heterocycles. The standard InChI is InChI=1S/C20H23ClN2O3S/c1-15-4-3-5-16(12-15)14-22-8-10-23(11-9-22)20(24)18-13-17(27(2,25)26)6-7-19(18)21/h3-7,12-13H,8-11,14H2,1-2H3. The first-order valence-electron chi connectivity index (χ1n) is 8.81. The van der Waals surface area contributed by atoms with Gasteiger partial charge in [0.25, 0.3) is 5.91 Å². The van der Waals surface area contributed by atoms with Crippen LogP contribution in [0.2, 0.25) is 5.02 Å². The van der Waals surface area contributed by atoms with Crippen LogP contribution in [-0.2, 0) is 16.4 Å². The number of hydrogen-bond acceptors (Lipinski definition) is 4. The zero-order valence-electron chi connectivity index (χ0n) is 15.5. The maximum Gasteiger partial charge on any atom is 0.255 e. The molecule has 0 atom stereocenters. The van der Waals surface area contributed by atoms with E-state index in [1.807, 2.05) is 0 Å². The molecule has 5 nitrogen and oxygen atoms in total. The van der Waals surface area contributed by atoms with E-state index in [9.17, 15) is 13.2 Å². The Morgan fingerprint density at radius 3 is 2.41 bits per heavy atom. The number of nitrogens with zero attached hydrogens (tertiary/aromatic N) is 2. The van der Waals surface area contributed by atoms with Crippen LogP contribution in [0.25, 0.3) is 0 Å². The quantitative estimate of drug-likeness (QED) is 0.783. The number of carbonyl (C=O) groups excluding carboxylic acids is 1. The molecule has 144 valence electrons. The van der Waals surface area contributed by atoms with E-state index in [4.69, 9.17) is 11.6 Å². The first-order chi connectivity index (χ1) is 12.7. The van der Waals surface area contributed by atoms with Gasteiger partial charge < -0.3 is 4.90 Å². The number of sulfone groups is 1. The zero-order valence-corrected chi connectivity index (χ0v) is 17.1. The van der Waals surface area contributed by atoms with E-state index >= 15 is 0 Å². The minimum atomic E-state index is -3.39. The summed E-state index contributed by atoms with van der Waals surface area (Å²) >= 11 is 6.16. The van der Waals surface area contributed by atoms with Crippen molar-refractivity contribution in [2.45, 2.75) is 18.4 Å². The molecule has 1 aliphatic heterocycles. The van der Waals surface area contributed by atoms with Crippen molar-refractivity contribution in [3.63, 3.8) is 0 Å². The van der Waals surface area contributed by atoms with Gasteiger partial charge in [-0.2, -0.15) is 0 Å². The number of aryl methyl sites for hydroxylation is 1. The number of amides is 1. The normalized spacial score (nSPS) is 15.7. The van der Waals surface area contributed by atoms with Gasteiger partial charge in [0.1, 0.15) is 0 Å². The molecule has 0 bridgehead atoms. The van der Waals surface area contributed by atoms with Crippen LogP contribution in [0, 0.1) is 6.92 Å². The number of carbonyl (C=O) groups is 1. The third-order valence-electron chi connectivity index (χ3n) is 4.74. The monoisotopic (exact) mass is 406 g/mol. The number of hydrogen-bond donors (Lipinski definition) is 0. The highest BCUT2D eigenvalue weighted by atomic mass is 35.5. The molecule has 3 rings (SSSR count). The highest BCUT2D eigenvalue weighted by Crippen LogP contribution is 2.23. The van der Waals surface area contributed by atoms with Crippen LogP contribution < -0.4 is 0 Å². The SMILES string of the molecule is Cc1cccc(CN2CCN(C(=O)c3cc(S(C)(=O)=O)ccc3Cl)CC2)c1. The molecule has 1 saturated heterocycles. The smallest absolute Gasteiger partial charge is 0.255 e. The molecule has 2 aromatic carbocycles. The molecule has 7 heteroatoms. The van der Waals surface area contributed by atoms with Crippen molar-refractivity contribution in [3.05, 3.63) is 64.2 Å². The van der Waals surface area contributed by atoms with Crippen molar-refractivity contribution in [1.82, 2.24) is 9.80 Å². The van der Waals surface area contributed by atoms with E-state index < -0.39 is 9.84 Å². The molecule has 0 aromatic heterocycles. The van der Waals surface area contributed by atoms with Crippen LogP contribution in [0.5, 0.6) is 0 Å². The zero-order chi connectivity index (χ0) is 19.6. The summed E-state index contributed by atoms with van der Waals surface area (Å²) in [6.45, 7) is 5.64. The minimum Gasteiger partial charge on any atom is -0.336 e. The van der Waals surface area contributed by atoms with Gasteiger partial charge in [-0.15, -0.1) is 0 Å². The van der Waals surface area contributed by atoms with Crippen molar-refractivity contribution in [2.24, 2.45) is 0 Å².